The molecule has 3 aromatic carbocycles. The SMILES string of the molecule is CC(C)(C)Sc1ccccc1N(c1ccccc1SC(C)(C)C)c1ccccc1SC(C)(C)C. The summed E-state index contributed by atoms with van der Waals surface area (Å²) in [7, 11) is 0. The van der Waals surface area contributed by atoms with E-state index in [4.69, 9.17) is 0 Å². The highest BCUT2D eigenvalue weighted by Gasteiger charge is 2.26. The molecule has 0 bridgehead atoms. The van der Waals surface area contributed by atoms with Gasteiger partial charge in [0.05, 0.1) is 17.1 Å². The van der Waals surface area contributed by atoms with E-state index in [9.17, 15) is 0 Å². The molecule has 0 heterocycles. The zero-order chi connectivity index (χ0) is 25.1. The predicted octanol–water partition coefficient (Wildman–Crippen LogP) is 10.8. The standard InChI is InChI=1S/C30H39NS3/c1-28(2,3)32-25-19-13-10-16-22(25)31(23-17-11-14-20-26(23)33-29(4,5)6)24-18-12-15-21-27(24)34-30(7,8)9/h10-21H,1-9H3. The Labute approximate surface area is 220 Å². The first-order chi connectivity index (χ1) is 15.7. The lowest BCUT2D eigenvalue weighted by molar-refractivity contribution is 0.802. The monoisotopic (exact) mass is 509 g/mol. The predicted molar refractivity (Wildman–Crippen MR) is 158 cm³/mol. The van der Waals surface area contributed by atoms with Crippen molar-refractivity contribution in [3.8, 4) is 0 Å². The van der Waals surface area contributed by atoms with Crippen molar-refractivity contribution in [1.29, 1.82) is 0 Å². The Kier molecular flexibility index (Phi) is 8.48. The van der Waals surface area contributed by atoms with E-state index in [-0.39, 0.29) is 14.2 Å². The summed E-state index contributed by atoms with van der Waals surface area (Å²) in [5, 5.41) is 0. The Morgan fingerprint density at radius 3 is 0.882 bits per heavy atom. The van der Waals surface area contributed by atoms with Crippen molar-refractivity contribution in [3.63, 3.8) is 0 Å². The van der Waals surface area contributed by atoms with Gasteiger partial charge in [-0.15, -0.1) is 35.3 Å². The lowest BCUT2D eigenvalue weighted by atomic mass is 10.2. The molecule has 0 aromatic heterocycles. The molecule has 0 fully saturated rings. The van der Waals surface area contributed by atoms with Crippen molar-refractivity contribution in [2.75, 3.05) is 4.90 Å². The van der Waals surface area contributed by atoms with Crippen LogP contribution in [0.5, 0.6) is 0 Å². The molecule has 0 saturated heterocycles. The molecule has 0 aliphatic rings. The molecule has 0 spiro atoms. The van der Waals surface area contributed by atoms with E-state index in [1.165, 1.54) is 31.7 Å². The quantitative estimate of drug-likeness (QED) is 0.304. The summed E-state index contributed by atoms with van der Waals surface area (Å²) in [5.41, 5.74) is 3.68. The van der Waals surface area contributed by atoms with Crippen LogP contribution in [-0.2, 0) is 0 Å². The van der Waals surface area contributed by atoms with Gasteiger partial charge in [0.2, 0.25) is 0 Å². The Morgan fingerprint density at radius 1 is 0.412 bits per heavy atom. The number of rotatable bonds is 6. The normalized spacial score (nSPS) is 12.6. The van der Waals surface area contributed by atoms with Crippen LogP contribution in [0.25, 0.3) is 0 Å². The number of hydrogen-bond acceptors (Lipinski definition) is 4. The maximum atomic E-state index is 2.48. The number of nitrogens with zero attached hydrogens (tertiary/aromatic N) is 1. The first-order valence-corrected chi connectivity index (χ1v) is 14.3. The van der Waals surface area contributed by atoms with Crippen LogP contribution in [-0.4, -0.2) is 14.2 Å². The summed E-state index contributed by atoms with van der Waals surface area (Å²) >= 11 is 5.78. The zero-order valence-electron chi connectivity index (χ0n) is 22.1. The van der Waals surface area contributed by atoms with Gasteiger partial charge < -0.3 is 4.90 Å². The molecule has 0 radical (unpaired) electrons. The first kappa shape index (κ1) is 27.1. The highest BCUT2D eigenvalue weighted by molar-refractivity contribution is 8.01. The van der Waals surface area contributed by atoms with Gasteiger partial charge in [0.1, 0.15) is 0 Å². The van der Waals surface area contributed by atoms with Gasteiger partial charge in [-0.1, -0.05) is 98.7 Å². The summed E-state index contributed by atoms with van der Waals surface area (Å²) in [5.74, 6) is 0. The van der Waals surface area contributed by atoms with Gasteiger partial charge in [-0.25, -0.2) is 0 Å². The minimum absolute atomic E-state index is 0.112. The molecule has 3 rings (SSSR count). The van der Waals surface area contributed by atoms with Gasteiger partial charge in [0.25, 0.3) is 0 Å². The topological polar surface area (TPSA) is 3.24 Å². The average molecular weight is 510 g/mol. The number of para-hydroxylation sites is 3. The second kappa shape index (κ2) is 10.6. The van der Waals surface area contributed by atoms with Gasteiger partial charge in [0.15, 0.2) is 0 Å². The molecule has 0 unspecified atom stereocenters. The van der Waals surface area contributed by atoms with E-state index in [1.807, 2.05) is 35.3 Å². The van der Waals surface area contributed by atoms with Crippen LogP contribution in [0.3, 0.4) is 0 Å². The summed E-state index contributed by atoms with van der Waals surface area (Å²) in [4.78, 5) is 6.36. The lowest BCUT2D eigenvalue weighted by Crippen LogP contribution is -2.17. The zero-order valence-corrected chi connectivity index (χ0v) is 24.5. The van der Waals surface area contributed by atoms with Gasteiger partial charge >= 0.3 is 0 Å². The second-order valence-corrected chi connectivity index (χ2v) is 17.0. The number of thioether (sulfide) groups is 3. The molecule has 0 N–H and O–H groups in total. The molecule has 3 aromatic rings. The molecule has 1 nitrogen and oxygen atoms in total. The molecule has 0 amide bonds. The average Bonchev–Trinajstić information content (AvgIpc) is 2.68. The van der Waals surface area contributed by atoms with Gasteiger partial charge in [0, 0.05) is 28.9 Å². The lowest BCUT2D eigenvalue weighted by Gasteiger charge is -2.33. The first-order valence-electron chi connectivity index (χ1n) is 11.9. The smallest absolute Gasteiger partial charge is 0.0598 e. The third kappa shape index (κ3) is 7.76. The summed E-state index contributed by atoms with van der Waals surface area (Å²) in [6, 6.07) is 26.5. The maximum absolute atomic E-state index is 2.48. The van der Waals surface area contributed by atoms with Crippen LogP contribution in [0.15, 0.2) is 87.5 Å². The minimum Gasteiger partial charge on any atom is -0.307 e. The van der Waals surface area contributed by atoms with Crippen LogP contribution in [0.4, 0.5) is 17.1 Å². The van der Waals surface area contributed by atoms with E-state index in [0.717, 1.165) is 0 Å². The Hall–Kier alpha value is -1.49. The Bertz CT molecular complexity index is 959. The Morgan fingerprint density at radius 2 is 0.647 bits per heavy atom. The van der Waals surface area contributed by atoms with E-state index in [0.29, 0.717) is 0 Å². The highest BCUT2D eigenvalue weighted by atomic mass is 32.2. The maximum Gasteiger partial charge on any atom is 0.0598 e. The highest BCUT2D eigenvalue weighted by Crippen LogP contribution is 2.50. The molecule has 34 heavy (non-hydrogen) atoms. The fraction of sp³-hybridized carbons (Fsp3) is 0.400. The molecule has 0 atom stereocenters. The number of hydrogen-bond donors (Lipinski definition) is 0. The Balaban J connectivity index is 2.30. The summed E-state index contributed by atoms with van der Waals surface area (Å²) in [6.45, 7) is 20.5. The minimum atomic E-state index is 0.112. The van der Waals surface area contributed by atoms with Crippen LogP contribution in [0, 0.1) is 0 Å². The molecule has 0 aliphatic carbocycles. The largest absolute Gasteiger partial charge is 0.307 e. The van der Waals surface area contributed by atoms with Crippen LogP contribution in [0.2, 0.25) is 0 Å². The van der Waals surface area contributed by atoms with Gasteiger partial charge in [-0.3, -0.25) is 0 Å². The van der Waals surface area contributed by atoms with Crippen molar-refractivity contribution in [2.24, 2.45) is 0 Å². The van der Waals surface area contributed by atoms with E-state index in [2.05, 4.69) is 140 Å². The number of benzene rings is 3. The van der Waals surface area contributed by atoms with Crippen LogP contribution >= 0.6 is 35.3 Å². The van der Waals surface area contributed by atoms with Crippen LogP contribution in [0.1, 0.15) is 62.3 Å². The van der Waals surface area contributed by atoms with Crippen molar-refractivity contribution >= 4 is 52.3 Å². The fourth-order valence-corrected chi connectivity index (χ4v) is 6.77. The molecule has 4 heteroatoms. The summed E-state index contributed by atoms with van der Waals surface area (Å²) < 4.78 is 0.337. The molecule has 0 saturated carbocycles. The molecule has 0 aliphatic heterocycles. The van der Waals surface area contributed by atoms with E-state index < -0.39 is 0 Å². The molecular formula is C30H39NS3. The van der Waals surface area contributed by atoms with E-state index in [1.54, 1.807) is 0 Å². The van der Waals surface area contributed by atoms with Crippen molar-refractivity contribution in [3.05, 3.63) is 72.8 Å². The second-order valence-electron chi connectivity index (χ2n) is 11.4. The third-order valence-corrected chi connectivity index (χ3v) is 8.10. The van der Waals surface area contributed by atoms with Crippen molar-refractivity contribution in [2.45, 2.75) is 91.2 Å². The number of anilines is 3. The molecular weight excluding hydrogens is 471 g/mol. The van der Waals surface area contributed by atoms with Crippen molar-refractivity contribution < 1.29 is 0 Å². The third-order valence-electron chi connectivity index (χ3n) is 4.57. The van der Waals surface area contributed by atoms with Gasteiger partial charge in [-0.05, 0) is 36.4 Å². The van der Waals surface area contributed by atoms with Crippen molar-refractivity contribution in [1.82, 2.24) is 0 Å². The van der Waals surface area contributed by atoms with Gasteiger partial charge in [-0.2, -0.15) is 0 Å². The molecule has 182 valence electrons. The summed E-state index contributed by atoms with van der Waals surface area (Å²) in [6.07, 6.45) is 0. The van der Waals surface area contributed by atoms with E-state index >= 15 is 0 Å². The fourth-order valence-electron chi connectivity index (χ4n) is 3.56. The van der Waals surface area contributed by atoms with Crippen LogP contribution < -0.4 is 4.90 Å².